The van der Waals surface area contributed by atoms with E-state index in [9.17, 15) is 0 Å². The summed E-state index contributed by atoms with van der Waals surface area (Å²) in [5.74, 6) is 0.892. The Balaban J connectivity index is 1.51. The molecule has 4 rings (SSSR count). The Kier molecular flexibility index (Phi) is 5.28. The van der Waals surface area contributed by atoms with E-state index in [0.29, 0.717) is 6.61 Å². The van der Waals surface area contributed by atoms with Crippen molar-refractivity contribution in [3.05, 3.63) is 83.7 Å². The fourth-order valence-electron chi connectivity index (χ4n) is 3.52. The Bertz CT molecular complexity index is 885. The van der Waals surface area contributed by atoms with Gasteiger partial charge in [-0.15, -0.1) is 0 Å². The van der Waals surface area contributed by atoms with Crippen LogP contribution in [-0.2, 0) is 11.3 Å². The van der Waals surface area contributed by atoms with E-state index in [4.69, 9.17) is 9.47 Å². The fraction of sp³-hybridized carbons (Fsp3) is 0.304. The van der Waals surface area contributed by atoms with Crippen molar-refractivity contribution in [1.82, 2.24) is 9.47 Å². The highest BCUT2D eigenvalue weighted by molar-refractivity contribution is 5.40. The van der Waals surface area contributed by atoms with Crippen LogP contribution in [0, 0.1) is 6.92 Å². The van der Waals surface area contributed by atoms with Crippen molar-refractivity contribution < 1.29 is 9.47 Å². The number of aryl methyl sites for hydroxylation is 1. The van der Waals surface area contributed by atoms with Crippen molar-refractivity contribution in [3.8, 4) is 11.4 Å². The van der Waals surface area contributed by atoms with Gasteiger partial charge < -0.3 is 14.0 Å². The minimum Gasteiger partial charge on any atom is -0.494 e. The van der Waals surface area contributed by atoms with E-state index in [0.717, 1.165) is 31.1 Å². The molecule has 4 heteroatoms. The summed E-state index contributed by atoms with van der Waals surface area (Å²) in [7, 11) is 0. The minimum atomic E-state index is 0.00243. The first-order valence-electron chi connectivity index (χ1n) is 9.55. The Labute approximate surface area is 161 Å². The maximum Gasteiger partial charge on any atom is 0.138 e. The van der Waals surface area contributed by atoms with Gasteiger partial charge in [-0.2, -0.15) is 0 Å². The first kappa shape index (κ1) is 17.8. The highest BCUT2D eigenvalue weighted by Gasteiger charge is 2.27. The fourth-order valence-corrected chi connectivity index (χ4v) is 3.52. The number of benzene rings is 2. The molecule has 1 aliphatic rings. The lowest BCUT2D eigenvalue weighted by atomic mass is 10.1. The second kappa shape index (κ2) is 7.99. The molecule has 3 aromatic rings. The summed E-state index contributed by atoms with van der Waals surface area (Å²) in [6.07, 6.45) is 4.25. The van der Waals surface area contributed by atoms with Crippen molar-refractivity contribution in [2.45, 2.75) is 26.6 Å². The molecule has 4 nitrogen and oxygen atoms in total. The molecule has 0 N–H and O–H groups in total. The zero-order chi connectivity index (χ0) is 18.6. The Morgan fingerprint density at radius 3 is 2.78 bits per heavy atom. The monoisotopic (exact) mass is 362 g/mol. The van der Waals surface area contributed by atoms with Gasteiger partial charge in [0.15, 0.2) is 0 Å². The lowest BCUT2D eigenvalue weighted by Gasteiger charge is -2.22. The van der Waals surface area contributed by atoms with E-state index in [1.807, 2.05) is 19.1 Å². The van der Waals surface area contributed by atoms with Crippen molar-refractivity contribution in [3.63, 3.8) is 0 Å². The summed E-state index contributed by atoms with van der Waals surface area (Å²) >= 11 is 0. The van der Waals surface area contributed by atoms with Gasteiger partial charge in [-0.1, -0.05) is 35.9 Å². The van der Waals surface area contributed by atoms with Crippen molar-refractivity contribution >= 4 is 0 Å². The third-order valence-corrected chi connectivity index (χ3v) is 4.92. The van der Waals surface area contributed by atoms with Crippen molar-refractivity contribution in [1.29, 1.82) is 0 Å². The molecule has 2 aromatic carbocycles. The average molecular weight is 362 g/mol. The van der Waals surface area contributed by atoms with Crippen LogP contribution in [0.4, 0.5) is 0 Å². The van der Waals surface area contributed by atoms with Crippen LogP contribution in [0.25, 0.3) is 5.69 Å². The third-order valence-electron chi connectivity index (χ3n) is 4.92. The summed E-state index contributed by atoms with van der Waals surface area (Å²) in [6.45, 7) is 7.40. The van der Waals surface area contributed by atoms with Gasteiger partial charge >= 0.3 is 0 Å². The second-order valence-corrected chi connectivity index (χ2v) is 6.96. The molecule has 1 unspecified atom stereocenters. The molecule has 1 aromatic heterocycles. The normalized spacial score (nSPS) is 17.3. The Hall–Kier alpha value is -2.56. The first-order chi connectivity index (χ1) is 13.2. The van der Waals surface area contributed by atoms with Crippen LogP contribution in [0.5, 0.6) is 5.75 Å². The molecule has 27 heavy (non-hydrogen) atoms. The standard InChI is InChI=1S/C23H26N2O2/c1-3-26-22-6-4-5-21(15-22)24-12-11-20(17-24)23-25(13-14-27-23)16-19-9-7-18(2)8-10-19/h4-12,15,17,23H,3,13-14,16H2,1-2H3. The average Bonchev–Trinajstić information content (AvgIpc) is 3.33. The van der Waals surface area contributed by atoms with Crippen LogP contribution in [0.1, 0.15) is 29.8 Å². The lowest BCUT2D eigenvalue weighted by Crippen LogP contribution is -2.23. The SMILES string of the molecule is CCOc1cccc(-n2ccc(C3OCCN3Cc3ccc(C)cc3)c2)c1. The van der Waals surface area contributed by atoms with Gasteiger partial charge in [-0.3, -0.25) is 4.90 Å². The van der Waals surface area contributed by atoms with Gasteiger partial charge in [0.2, 0.25) is 0 Å². The van der Waals surface area contributed by atoms with Gasteiger partial charge in [0.25, 0.3) is 0 Å². The Morgan fingerprint density at radius 2 is 1.96 bits per heavy atom. The van der Waals surface area contributed by atoms with E-state index in [1.54, 1.807) is 0 Å². The Morgan fingerprint density at radius 1 is 1.11 bits per heavy atom. The molecule has 1 aliphatic heterocycles. The topological polar surface area (TPSA) is 26.6 Å². The van der Waals surface area contributed by atoms with Crippen LogP contribution in [-0.4, -0.2) is 29.2 Å². The highest BCUT2D eigenvalue weighted by atomic mass is 16.5. The molecule has 140 valence electrons. The maximum absolute atomic E-state index is 6.05. The largest absolute Gasteiger partial charge is 0.494 e. The van der Waals surface area contributed by atoms with Crippen LogP contribution in [0.2, 0.25) is 0 Å². The zero-order valence-corrected chi connectivity index (χ0v) is 16.0. The maximum atomic E-state index is 6.05. The molecule has 0 radical (unpaired) electrons. The summed E-state index contributed by atoms with van der Waals surface area (Å²) in [5.41, 5.74) is 4.89. The van der Waals surface area contributed by atoms with Crippen LogP contribution in [0.3, 0.4) is 0 Å². The van der Waals surface area contributed by atoms with Gasteiger partial charge in [-0.05, 0) is 37.6 Å². The number of ether oxygens (including phenoxy) is 2. The predicted molar refractivity (Wildman–Crippen MR) is 107 cm³/mol. The number of hydrogen-bond acceptors (Lipinski definition) is 3. The first-order valence-corrected chi connectivity index (χ1v) is 9.55. The summed E-state index contributed by atoms with van der Waals surface area (Å²) < 4.78 is 13.8. The van der Waals surface area contributed by atoms with Gasteiger partial charge in [0.1, 0.15) is 12.0 Å². The molecule has 0 saturated carbocycles. The molecule has 1 atom stereocenters. The number of aromatic nitrogens is 1. The number of rotatable bonds is 6. The van der Waals surface area contributed by atoms with E-state index in [1.165, 1.54) is 16.7 Å². The van der Waals surface area contributed by atoms with Crippen LogP contribution in [0.15, 0.2) is 67.0 Å². The molecule has 0 aliphatic carbocycles. The smallest absolute Gasteiger partial charge is 0.138 e. The minimum absolute atomic E-state index is 0.00243. The summed E-state index contributed by atoms with van der Waals surface area (Å²) in [5, 5.41) is 0. The van der Waals surface area contributed by atoms with Gasteiger partial charge in [0.05, 0.1) is 13.2 Å². The van der Waals surface area contributed by atoms with Gasteiger partial charge in [-0.25, -0.2) is 0 Å². The van der Waals surface area contributed by atoms with E-state index in [-0.39, 0.29) is 6.23 Å². The molecule has 0 spiro atoms. The summed E-state index contributed by atoms with van der Waals surface area (Å²) in [4.78, 5) is 2.39. The number of nitrogens with zero attached hydrogens (tertiary/aromatic N) is 2. The summed E-state index contributed by atoms with van der Waals surface area (Å²) in [6, 6.07) is 19.1. The van der Waals surface area contributed by atoms with Crippen molar-refractivity contribution in [2.75, 3.05) is 19.8 Å². The molecule has 1 saturated heterocycles. The molecule has 0 bridgehead atoms. The lowest BCUT2D eigenvalue weighted by molar-refractivity contribution is 0.0288. The van der Waals surface area contributed by atoms with E-state index < -0.39 is 0 Å². The quantitative estimate of drug-likeness (QED) is 0.635. The van der Waals surface area contributed by atoms with Gasteiger partial charge in [0, 0.05) is 42.8 Å². The molecular weight excluding hydrogens is 336 g/mol. The molecule has 0 amide bonds. The van der Waals surface area contributed by atoms with Crippen LogP contribution < -0.4 is 4.74 Å². The van der Waals surface area contributed by atoms with Crippen LogP contribution >= 0.6 is 0 Å². The third kappa shape index (κ3) is 4.07. The second-order valence-electron chi connectivity index (χ2n) is 6.96. The van der Waals surface area contributed by atoms with E-state index >= 15 is 0 Å². The van der Waals surface area contributed by atoms with Crippen molar-refractivity contribution in [2.24, 2.45) is 0 Å². The molecule has 1 fully saturated rings. The zero-order valence-electron chi connectivity index (χ0n) is 16.0. The highest BCUT2D eigenvalue weighted by Crippen LogP contribution is 2.30. The molecule has 2 heterocycles. The van der Waals surface area contributed by atoms with E-state index in [2.05, 4.69) is 71.2 Å². The molecular formula is C23H26N2O2. The number of hydrogen-bond donors (Lipinski definition) is 0. The predicted octanol–water partition coefficient (Wildman–Crippen LogP) is 4.72.